The summed E-state index contributed by atoms with van der Waals surface area (Å²) in [4.78, 5) is 10.5. The Morgan fingerprint density at radius 1 is 1.45 bits per heavy atom. The van der Waals surface area contributed by atoms with Crippen LogP contribution in [0.4, 0.5) is 0 Å². The van der Waals surface area contributed by atoms with E-state index in [-0.39, 0.29) is 12.4 Å². The van der Waals surface area contributed by atoms with Crippen molar-refractivity contribution in [1.82, 2.24) is 0 Å². The van der Waals surface area contributed by atoms with Crippen molar-refractivity contribution in [3.05, 3.63) is 34.9 Å². The topological polar surface area (TPSA) is 80.7 Å². The summed E-state index contributed by atoms with van der Waals surface area (Å²) in [6.45, 7) is 0.185. The van der Waals surface area contributed by atoms with Gasteiger partial charge in [-0.05, 0) is 18.6 Å². The predicted octanol–water partition coefficient (Wildman–Crippen LogP) is 2.25. The first kappa shape index (κ1) is 16.5. The lowest BCUT2D eigenvalue weighted by atomic mass is 10.2. The summed E-state index contributed by atoms with van der Waals surface area (Å²) >= 11 is 5.99. The minimum absolute atomic E-state index is 0.0255. The van der Waals surface area contributed by atoms with Crippen molar-refractivity contribution in [2.24, 2.45) is 0 Å². The van der Waals surface area contributed by atoms with Crippen molar-refractivity contribution in [1.29, 1.82) is 0 Å². The molecule has 0 spiro atoms. The van der Waals surface area contributed by atoms with Crippen molar-refractivity contribution in [2.75, 3.05) is 18.6 Å². The van der Waals surface area contributed by atoms with Gasteiger partial charge in [-0.3, -0.25) is 0 Å². The van der Waals surface area contributed by atoms with Crippen LogP contribution in [-0.4, -0.2) is 38.1 Å². The number of carbonyl (C=O) groups is 1. The van der Waals surface area contributed by atoms with E-state index in [0.717, 1.165) is 12.3 Å². The van der Waals surface area contributed by atoms with Crippen molar-refractivity contribution >= 4 is 33.5 Å². The van der Waals surface area contributed by atoms with E-state index >= 15 is 0 Å². The largest absolute Gasteiger partial charge is 0.491 e. The molecule has 110 valence electrons. The molecule has 0 fully saturated rings. The van der Waals surface area contributed by atoms with E-state index in [1.807, 2.05) is 0 Å². The average molecular weight is 319 g/mol. The maximum atomic E-state index is 11.0. The summed E-state index contributed by atoms with van der Waals surface area (Å²) in [6.07, 6.45) is 3.85. The summed E-state index contributed by atoms with van der Waals surface area (Å²) in [5, 5.41) is 8.96. The normalized spacial score (nSPS) is 11.7. The zero-order valence-corrected chi connectivity index (χ0v) is 12.4. The van der Waals surface area contributed by atoms with E-state index < -0.39 is 15.8 Å². The fourth-order valence-corrected chi connectivity index (χ4v) is 2.34. The maximum absolute atomic E-state index is 11.0. The summed E-state index contributed by atoms with van der Waals surface area (Å²) in [6, 6.07) is 4.95. The van der Waals surface area contributed by atoms with Gasteiger partial charge in [0, 0.05) is 17.9 Å². The molecule has 0 unspecified atom stereocenters. The van der Waals surface area contributed by atoms with Crippen LogP contribution in [0.15, 0.2) is 24.3 Å². The van der Waals surface area contributed by atoms with Gasteiger partial charge < -0.3 is 9.84 Å². The van der Waals surface area contributed by atoms with Crippen molar-refractivity contribution < 1.29 is 23.1 Å². The Bertz CT molecular complexity index is 607. The lowest BCUT2D eigenvalue weighted by Crippen LogP contribution is -2.08. The van der Waals surface area contributed by atoms with E-state index in [2.05, 4.69) is 0 Å². The van der Waals surface area contributed by atoms with Crippen LogP contribution in [0.25, 0.3) is 6.08 Å². The van der Waals surface area contributed by atoms with Gasteiger partial charge in [-0.15, -0.1) is 0 Å². The Morgan fingerprint density at radius 2 is 2.15 bits per heavy atom. The molecule has 0 saturated carbocycles. The molecule has 1 aromatic carbocycles. The fourth-order valence-electron chi connectivity index (χ4n) is 1.47. The molecule has 0 bridgehead atoms. The van der Waals surface area contributed by atoms with Crippen LogP contribution in [0.2, 0.25) is 5.02 Å². The van der Waals surface area contributed by atoms with Gasteiger partial charge in [-0.2, -0.15) is 0 Å². The predicted molar refractivity (Wildman–Crippen MR) is 77.9 cm³/mol. The van der Waals surface area contributed by atoms with Crippen LogP contribution in [0.3, 0.4) is 0 Å². The van der Waals surface area contributed by atoms with Crippen LogP contribution in [0.1, 0.15) is 12.0 Å². The van der Waals surface area contributed by atoms with Crippen LogP contribution in [0, 0.1) is 0 Å². The third kappa shape index (κ3) is 6.08. The molecule has 1 rings (SSSR count). The van der Waals surface area contributed by atoms with Crippen LogP contribution < -0.4 is 4.74 Å². The van der Waals surface area contributed by atoms with E-state index in [9.17, 15) is 13.2 Å². The molecule has 7 heteroatoms. The Balaban J connectivity index is 2.75. The Kier molecular flexibility index (Phi) is 6.04. The zero-order valence-electron chi connectivity index (χ0n) is 10.9. The van der Waals surface area contributed by atoms with Crippen molar-refractivity contribution in [3.63, 3.8) is 0 Å². The minimum atomic E-state index is -3.02. The van der Waals surface area contributed by atoms with Gasteiger partial charge in [-0.25, -0.2) is 13.2 Å². The van der Waals surface area contributed by atoms with Gasteiger partial charge in [-0.1, -0.05) is 23.7 Å². The molecule has 0 aromatic heterocycles. The Hall–Kier alpha value is -1.53. The molecule has 20 heavy (non-hydrogen) atoms. The number of halogens is 1. The number of ether oxygens (including phenoxy) is 1. The van der Waals surface area contributed by atoms with E-state index in [0.29, 0.717) is 22.8 Å². The number of rotatable bonds is 7. The molecule has 0 saturated heterocycles. The van der Waals surface area contributed by atoms with E-state index in [1.165, 1.54) is 6.08 Å². The highest BCUT2D eigenvalue weighted by Crippen LogP contribution is 2.29. The van der Waals surface area contributed by atoms with Gasteiger partial charge in [0.05, 0.1) is 17.4 Å². The van der Waals surface area contributed by atoms with Gasteiger partial charge in [0.1, 0.15) is 15.6 Å². The standard InChI is InChI=1S/C13H15ClO5S/c1-20(17,18)9-3-8-19-13-10(6-7-12(15)16)4-2-5-11(13)14/h2,4-7H,3,8-9H2,1H3,(H,15,16)/b7-6+. The molecule has 1 N–H and O–H groups in total. The number of aliphatic carboxylic acids is 1. The number of benzene rings is 1. The van der Waals surface area contributed by atoms with Gasteiger partial charge in [0.15, 0.2) is 0 Å². The molecule has 0 aliphatic heterocycles. The van der Waals surface area contributed by atoms with E-state index in [1.54, 1.807) is 18.2 Å². The molecule has 0 heterocycles. The monoisotopic (exact) mass is 318 g/mol. The first-order valence-corrected chi connectivity index (χ1v) is 8.23. The minimum Gasteiger partial charge on any atom is -0.491 e. The third-order valence-electron chi connectivity index (χ3n) is 2.31. The molecular formula is C13H15ClO5S. The van der Waals surface area contributed by atoms with Crippen LogP contribution in [0.5, 0.6) is 5.75 Å². The number of sulfone groups is 1. The lowest BCUT2D eigenvalue weighted by molar-refractivity contribution is -0.131. The lowest BCUT2D eigenvalue weighted by Gasteiger charge is -2.10. The molecular weight excluding hydrogens is 304 g/mol. The number of carboxylic acids is 1. The molecule has 5 nitrogen and oxygen atoms in total. The summed E-state index contributed by atoms with van der Waals surface area (Å²) in [5.41, 5.74) is 0.527. The second-order valence-electron chi connectivity index (χ2n) is 4.16. The van der Waals surface area contributed by atoms with Gasteiger partial charge >= 0.3 is 5.97 Å². The maximum Gasteiger partial charge on any atom is 0.328 e. The average Bonchev–Trinajstić information content (AvgIpc) is 2.32. The zero-order chi connectivity index (χ0) is 15.2. The van der Waals surface area contributed by atoms with Crippen LogP contribution in [-0.2, 0) is 14.6 Å². The number of hydrogen-bond donors (Lipinski definition) is 1. The number of hydrogen-bond acceptors (Lipinski definition) is 4. The second kappa shape index (κ2) is 7.31. The highest BCUT2D eigenvalue weighted by atomic mass is 35.5. The SMILES string of the molecule is CS(=O)(=O)CCCOc1c(Cl)cccc1/C=C/C(=O)O. The summed E-state index contributed by atoms with van der Waals surface area (Å²) in [5.74, 6) is -0.703. The first-order chi connectivity index (χ1) is 9.29. The summed E-state index contributed by atoms with van der Waals surface area (Å²) < 4.78 is 27.4. The molecule has 0 radical (unpaired) electrons. The molecule has 0 atom stereocenters. The quantitative estimate of drug-likeness (QED) is 0.616. The highest BCUT2D eigenvalue weighted by molar-refractivity contribution is 7.90. The summed E-state index contributed by atoms with van der Waals surface area (Å²) in [7, 11) is -3.02. The Labute approximate surface area is 122 Å². The molecule has 1 aromatic rings. The van der Waals surface area contributed by atoms with Crippen LogP contribution >= 0.6 is 11.6 Å². The number of para-hydroxylation sites is 1. The number of carboxylic acid groups (broad SMARTS) is 1. The molecule has 0 amide bonds. The van der Waals surface area contributed by atoms with E-state index in [4.69, 9.17) is 21.4 Å². The second-order valence-corrected chi connectivity index (χ2v) is 6.83. The Morgan fingerprint density at radius 3 is 2.75 bits per heavy atom. The van der Waals surface area contributed by atoms with Gasteiger partial charge in [0.2, 0.25) is 0 Å². The highest BCUT2D eigenvalue weighted by Gasteiger charge is 2.08. The molecule has 0 aliphatic rings. The van der Waals surface area contributed by atoms with Crippen molar-refractivity contribution in [2.45, 2.75) is 6.42 Å². The van der Waals surface area contributed by atoms with Gasteiger partial charge in [0.25, 0.3) is 0 Å². The van der Waals surface area contributed by atoms with Crippen molar-refractivity contribution in [3.8, 4) is 5.75 Å². The third-order valence-corrected chi connectivity index (χ3v) is 3.64. The fraction of sp³-hybridized carbons (Fsp3) is 0.308. The first-order valence-electron chi connectivity index (χ1n) is 5.79. The molecule has 0 aliphatic carbocycles. The smallest absolute Gasteiger partial charge is 0.328 e.